The van der Waals surface area contributed by atoms with Gasteiger partial charge in [-0.25, -0.2) is 5.43 Å². The zero-order valence-electron chi connectivity index (χ0n) is 11.1. The van der Waals surface area contributed by atoms with Crippen LogP contribution in [0.2, 0.25) is 0 Å². The molecule has 0 amide bonds. The largest absolute Gasteiger partial charge is 0.494 e. The minimum atomic E-state index is 0.0379. The third kappa shape index (κ3) is 3.80. The van der Waals surface area contributed by atoms with Crippen molar-refractivity contribution in [3.05, 3.63) is 52.2 Å². The van der Waals surface area contributed by atoms with Gasteiger partial charge in [-0.15, -0.1) is 0 Å². The maximum absolute atomic E-state index is 5.66. The Morgan fingerprint density at radius 2 is 2.00 bits per heavy atom. The lowest BCUT2D eigenvalue weighted by Crippen LogP contribution is -2.28. The third-order valence-corrected chi connectivity index (χ3v) is 3.72. The van der Waals surface area contributed by atoms with E-state index in [0.717, 1.165) is 30.8 Å². The molecule has 2 rings (SSSR count). The van der Waals surface area contributed by atoms with Gasteiger partial charge in [0.2, 0.25) is 0 Å². The Morgan fingerprint density at radius 3 is 2.58 bits per heavy atom. The van der Waals surface area contributed by atoms with Gasteiger partial charge in [0.15, 0.2) is 0 Å². The quantitative estimate of drug-likeness (QED) is 0.462. The first kappa shape index (κ1) is 14.1. The molecule has 1 aromatic carbocycles. The highest BCUT2D eigenvalue weighted by Crippen LogP contribution is 2.25. The Balaban J connectivity index is 2.04. The average molecular weight is 276 g/mol. The molecule has 1 aromatic heterocycles. The lowest BCUT2D eigenvalue weighted by atomic mass is 10.0. The zero-order chi connectivity index (χ0) is 13.5. The van der Waals surface area contributed by atoms with E-state index in [9.17, 15) is 0 Å². The number of benzene rings is 1. The van der Waals surface area contributed by atoms with Gasteiger partial charge in [0.1, 0.15) is 5.75 Å². The fourth-order valence-electron chi connectivity index (χ4n) is 1.92. The van der Waals surface area contributed by atoms with Crippen molar-refractivity contribution in [1.82, 2.24) is 5.43 Å². The van der Waals surface area contributed by atoms with Crippen LogP contribution in [0.25, 0.3) is 0 Å². The molecule has 0 aliphatic carbocycles. The summed E-state index contributed by atoms with van der Waals surface area (Å²) in [6.07, 6.45) is 2.24. The van der Waals surface area contributed by atoms with Crippen LogP contribution >= 0.6 is 11.3 Å². The van der Waals surface area contributed by atoms with E-state index < -0.39 is 0 Å². The van der Waals surface area contributed by atoms with Gasteiger partial charge in [-0.3, -0.25) is 5.84 Å². The van der Waals surface area contributed by atoms with Crippen molar-refractivity contribution in [1.29, 1.82) is 0 Å². The number of unbranched alkanes of at least 4 members (excludes halogenated alkanes) is 1. The van der Waals surface area contributed by atoms with Gasteiger partial charge in [-0.1, -0.05) is 25.5 Å². The lowest BCUT2D eigenvalue weighted by molar-refractivity contribution is 0.309. The Kier molecular flexibility index (Phi) is 5.39. The molecule has 19 heavy (non-hydrogen) atoms. The lowest BCUT2D eigenvalue weighted by Gasteiger charge is -2.15. The molecule has 2 aromatic rings. The Bertz CT molecular complexity index is 467. The molecule has 1 heterocycles. The van der Waals surface area contributed by atoms with Crippen LogP contribution in [0, 0.1) is 0 Å². The zero-order valence-corrected chi connectivity index (χ0v) is 12.0. The van der Waals surface area contributed by atoms with E-state index in [2.05, 4.69) is 41.3 Å². The van der Waals surface area contributed by atoms with Crippen LogP contribution in [0.5, 0.6) is 5.75 Å². The summed E-state index contributed by atoms with van der Waals surface area (Å²) in [6.45, 7) is 2.93. The normalized spacial score (nSPS) is 12.3. The molecule has 0 aliphatic heterocycles. The second kappa shape index (κ2) is 7.28. The standard InChI is InChI=1S/C15H20N2OS/c1-2-3-9-18-14-6-4-12(5-7-14)15(17-16)13-8-10-19-11-13/h4-8,10-11,15,17H,2-3,9,16H2,1H3. The fraction of sp³-hybridized carbons (Fsp3) is 0.333. The summed E-state index contributed by atoms with van der Waals surface area (Å²) in [7, 11) is 0. The van der Waals surface area contributed by atoms with Crippen molar-refractivity contribution in [3.63, 3.8) is 0 Å². The van der Waals surface area contributed by atoms with Crippen molar-refractivity contribution in [2.75, 3.05) is 6.61 Å². The first-order chi connectivity index (χ1) is 9.35. The van der Waals surface area contributed by atoms with Gasteiger partial charge in [0.05, 0.1) is 12.6 Å². The van der Waals surface area contributed by atoms with Crippen molar-refractivity contribution in [3.8, 4) is 5.75 Å². The van der Waals surface area contributed by atoms with E-state index in [-0.39, 0.29) is 6.04 Å². The van der Waals surface area contributed by atoms with Gasteiger partial charge in [0, 0.05) is 0 Å². The van der Waals surface area contributed by atoms with Crippen molar-refractivity contribution in [2.45, 2.75) is 25.8 Å². The molecule has 0 fully saturated rings. The predicted molar refractivity (Wildman–Crippen MR) is 80.3 cm³/mol. The average Bonchev–Trinajstić information content (AvgIpc) is 2.96. The second-order valence-corrected chi connectivity index (χ2v) is 5.21. The summed E-state index contributed by atoms with van der Waals surface area (Å²) >= 11 is 1.67. The van der Waals surface area contributed by atoms with E-state index in [1.165, 1.54) is 5.56 Å². The maximum atomic E-state index is 5.66. The maximum Gasteiger partial charge on any atom is 0.119 e. The van der Waals surface area contributed by atoms with Crippen LogP contribution in [0.15, 0.2) is 41.1 Å². The molecule has 3 nitrogen and oxygen atoms in total. The highest BCUT2D eigenvalue weighted by Gasteiger charge is 2.12. The monoisotopic (exact) mass is 276 g/mol. The number of thiophene rings is 1. The van der Waals surface area contributed by atoms with E-state index >= 15 is 0 Å². The summed E-state index contributed by atoms with van der Waals surface area (Å²) < 4.78 is 5.66. The number of rotatable bonds is 7. The summed E-state index contributed by atoms with van der Waals surface area (Å²) in [5, 5.41) is 4.16. The topological polar surface area (TPSA) is 47.3 Å². The molecule has 3 N–H and O–H groups in total. The minimum absolute atomic E-state index is 0.0379. The summed E-state index contributed by atoms with van der Waals surface area (Å²) in [5.74, 6) is 6.57. The summed E-state index contributed by atoms with van der Waals surface area (Å²) in [6, 6.07) is 10.2. The molecule has 1 atom stereocenters. The molecule has 0 spiro atoms. The number of hydrogen-bond donors (Lipinski definition) is 2. The molecule has 0 aliphatic rings. The van der Waals surface area contributed by atoms with Crippen LogP contribution in [0.1, 0.15) is 36.9 Å². The predicted octanol–water partition coefficient (Wildman–Crippen LogP) is 3.48. The van der Waals surface area contributed by atoms with Crippen molar-refractivity contribution >= 4 is 11.3 Å². The second-order valence-electron chi connectivity index (χ2n) is 4.43. The van der Waals surface area contributed by atoms with Crippen LogP contribution < -0.4 is 16.0 Å². The van der Waals surface area contributed by atoms with Crippen LogP contribution in [0.4, 0.5) is 0 Å². The Morgan fingerprint density at radius 1 is 1.21 bits per heavy atom. The van der Waals surface area contributed by atoms with Gasteiger partial charge in [-0.05, 0) is 46.5 Å². The number of hydrazine groups is 1. The fourth-order valence-corrected chi connectivity index (χ4v) is 2.60. The van der Waals surface area contributed by atoms with Crippen molar-refractivity contribution < 1.29 is 4.74 Å². The summed E-state index contributed by atoms with van der Waals surface area (Å²) in [5.41, 5.74) is 5.19. The van der Waals surface area contributed by atoms with Gasteiger partial charge >= 0.3 is 0 Å². The number of hydrogen-bond acceptors (Lipinski definition) is 4. The first-order valence-electron chi connectivity index (χ1n) is 6.56. The minimum Gasteiger partial charge on any atom is -0.494 e. The SMILES string of the molecule is CCCCOc1ccc(C(NN)c2ccsc2)cc1. The highest BCUT2D eigenvalue weighted by atomic mass is 32.1. The Hall–Kier alpha value is -1.36. The van der Waals surface area contributed by atoms with Crippen LogP contribution in [0.3, 0.4) is 0 Å². The van der Waals surface area contributed by atoms with E-state index in [1.807, 2.05) is 12.1 Å². The van der Waals surface area contributed by atoms with Crippen molar-refractivity contribution in [2.24, 2.45) is 5.84 Å². The van der Waals surface area contributed by atoms with E-state index in [0.29, 0.717) is 0 Å². The molecule has 102 valence electrons. The first-order valence-corrected chi connectivity index (χ1v) is 7.50. The number of nitrogens with one attached hydrogen (secondary N) is 1. The van der Waals surface area contributed by atoms with Crippen LogP contribution in [-0.2, 0) is 0 Å². The molecule has 1 unspecified atom stereocenters. The van der Waals surface area contributed by atoms with Crippen LogP contribution in [-0.4, -0.2) is 6.61 Å². The number of nitrogens with two attached hydrogens (primary N) is 1. The molecule has 0 radical (unpaired) electrons. The van der Waals surface area contributed by atoms with Gasteiger partial charge < -0.3 is 4.74 Å². The molecular formula is C15H20N2OS. The van der Waals surface area contributed by atoms with Gasteiger partial charge in [-0.2, -0.15) is 11.3 Å². The highest BCUT2D eigenvalue weighted by molar-refractivity contribution is 7.08. The smallest absolute Gasteiger partial charge is 0.119 e. The molecule has 0 saturated heterocycles. The third-order valence-electron chi connectivity index (χ3n) is 3.02. The molecule has 4 heteroatoms. The summed E-state index contributed by atoms with van der Waals surface area (Å²) in [4.78, 5) is 0. The molecule has 0 saturated carbocycles. The molecular weight excluding hydrogens is 256 g/mol. The van der Waals surface area contributed by atoms with E-state index in [4.69, 9.17) is 10.6 Å². The van der Waals surface area contributed by atoms with E-state index in [1.54, 1.807) is 11.3 Å². The molecule has 0 bridgehead atoms. The van der Waals surface area contributed by atoms with Gasteiger partial charge in [0.25, 0.3) is 0 Å². The number of ether oxygens (including phenoxy) is 1. The Labute approximate surface area is 118 Å².